The third-order valence-electron chi connectivity index (χ3n) is 3.31. The van der Waals surface area contributed by atoms with Crippen LogP contribution in [0.5, 0.6) is 0 Å². The molecule has 0 radical (unpaired) electrons. The van der Waals surface area contributed by atoms with Crippen molar-refractivity contribution in [2.45, 2.75) is 26.2 Å². The average Bonchev–Trinajstić information content (AvgIpc) is 2.68. The van der Waals surface area contributed by atoms with Crippen LogP contribution in [0.25, 0.3) is 0 Å². The number of carbonyl (C=O) groups excluding carboxylic acids is 4. The minimum absolute atomic E-state index is 0.0650. The molecule has 28 heavy (non-hydrogen) atoms. The molecule has 0 aromatic heterocycles. The molecule has 0 unspecified atom stereocenters. The summed E-state index contributed by atoms with van der Waals surface area (Å²) in [6.45, 7) is 2.17. The van der Waals surface area contributed by atoms with E-state index in [9.17, 15) is 19.2 Å². The lowest BCUT2D eigenvalue weighted by atomic mass is 10.1. The molecular weight excluding hydrogens is 388 g/mol. The zero-order valence-corrected chi connectivity index (χ0v) is 16.6. The third-order valence-corrected chi connectivity index (χ3v) is 3.51. The molecule has 0 aliphatic heterocycles. The molecular formula is C18H22N2O7S. The summed E-state index contributed by atoms with van der Waals surface area (Å²) in [7, 11) is 2.41. The number of amides is 1. The number of benzene rings is 1. The number of nitrogens with one attached hydrogen (secondary N) is 2. The molecule has 1 amide bonds. The fourth-order valence-electron chi connectivity index (χ4n) is 2.03. The highest BCUT2D eigenvalue weighted by atomic mass is 32.1. The third kappa shape index (κ3) is 7.70. The Morgan fingerprint density at radius 2 is 1.54 bits per heavy atom. The van der Waals surface area contributed by atoms with E-state index in [4.69, 9.17) is 17.0 Å². The average molecular weight is 410 g/mol. The van der Waals surface area contributed by atoms with Crippen LogP contribution in [0.3, 0.4) is 0 Å². The standard InChI is InChI=1S/C18H22N2O7S/c1-4-7-27-15(22)6-5-14(21)20-18(28)19-13-9-11(16(23)25-2)8-12(10-13)17(24)26-3/h8-10H,4-7H2,1-3H3,(H2,19,20,21,28). The smallest absolute Gasteiger partial charge is 0.337 e. The van der Waals surface area contributed by atoms with Crippen molar-refractivity contribution in [3.05, 3.63) is 29.3 Å². The molecule has 1 aromatic carbocycles. The van der Waals surface area contributed by atoms with Gasteiger partial charge < -0.3 is 24.8 Å². The van der Waals surface area contributed by atoms with Gasteiger partial charge in [-0.1, -0.05) is 6.92 Å². The number of carbonyl (C=O) groups is 4. The lowest BCUT2D eigenvalue weighted by Crippen LogP contribution is -2.34. The van der Waals surface area contributed by atoms with Crippen LogP contribution >= 0.6 is 12.2 Å². The van der Waals surface area contributed by atoms with E-state index in [-0.39, 0.29) is 34.8 Å². The highest BCUT2D eigenvalue weighted by molar-refractivity contribution is 7.80. The number of rotatable bonds is 8. The van der Waals surface area contributed by atoms with Crippen molar-refractivity contribution in [1.82, 2.24) is 5.32 Å². The molecule has 0 saturated heterocycles. The van der Waals surface area contributed by atoms with E-state index < -0.39 is 23.8 Å². The molecule has 0 atom stereocenters. The normalized spacial score (nSPS) is 9.82. The summed E-state index contributed by atoms with van der Waals surface area (Å²) < 4.78 is 14.2. The highest BCUT2D eigenvalue weighted by Crippen LogP contribution is 2.17. The van der Waals surface area contributed by atoms with E-state index >= 15 is 0 Å². The second-order valence-corrected chi connectivity index (χ2v) is 5.91. The van der Waals surface area contributed by atoms with Crippen molar-refractivity contribution < 1.29 is 33.4 Å². The van der Waals surface area contributed by atoms with Crippen LogP contribution < -0.4 is 10.6 Å². The Kier molecular flexibility index (Phi) is 9.58. The van der Waals surface area contributed by atoms with Crippen molar-refractivity contribution in [2.24, 2.45) is 0 Å². The van der Waals surface area contributed by atoms with E-state index in [1.54, 1.807) is 0 Å². The largest absolute Gasteiger partial charge is 0.466 e. The molecule has 0 saturated carbocycles. The van der Waals surface area contributed by atoms with Crippen molar-refractivity contribution in [2.75, 3.05) is 26.1 Å². The molecule has 0 fully saturated rings. The van der Waals surface area contributed by atoms with Crippen LogP contribution in [0.15, 0.2) is 18.2 Å². The first-order valence-electron chi connectivity index (χ1n) is 8.38. The number of hydrogen-bond acceptors (Lipinski definition) is 8. The Bertz CT molecular complexity index is 730. The molecule has 0 aliphatic carbocycles. The Morgan fingerprint density at radius 3 is 2.04 bits per heavy atom. The summed E-state index contributed by atoms with van der Waals surface area (Å²) in [4.78, 5) is 46.8. The summed E-state index contributed by atoms with van der Waals surface area (Å²) >= 11 is 5.05. The van der Waals surface area contributed by atoms with Gasteiger partial charge in [-0.15, -0.1) is 0 Å². The molecule has 0 bridgehead atoms. The van der Waals surface area contributed by atoms with Crippen LogP contribution in [0.2, 0.25) is 0 Å². The molecule has 0 aliphatic rings. The number of ether oxygens (including phenoxy) is 3. The number of methoxy groups -OCH3 is 2. The zero-order chi connectivity index (χ0) is 21.1. The summed E-state index contributed by atoms with van der Waals surface area (Å²) in [6, 6.07) is 4.12. The van der Waals surface area contributed by atoms with Gasteiger partial charge in [0.25, 0.3) is 0 Å². The van der Waals surface area contributed by atoms with Gasteiger partial charge in [0.05, 0.1) is 38.4 Å². The topological polar surface area (TPSA) is 120 Å². The number of thiocarbonyl (C=S) groups is 1. The molecule has 2 N–H and O–H groups in total. The van der Waals surface area contributed by atoms with Crippen molar-refractivity contribution in [3.8, 4) is 0 Å². The van der Waals surface area contributed by atoms with E-state index in [0.717, 1.165) is 0 Å². The monoisotopic (exact) mass is 410 g/mol. The molecule has 9 nitrogen and oxygen atoms in total. The Balaban J connectivity index is 2.74. The van der Waals surface area contributed by atoms with Gasteiger partial charge in [-0.05, 0) is 36.8 Å². The van der Waals surface area contributed by atoms with E-state index in [1.807, 2.05) is 6.92 Å². The fraction of sp³-hybridized carbons (Fsp3) is 0.389. The van der Waals surface area contributed by atoms with E-state index in [1.165, 1.54) is 32.4 Å². The summed E-state index contributed by atoms with van der Waals surface area (Å²) in [6.07, 6.45) is 0.531. The second-order valence-electron chi connectivity index (χ2n) is 5.50. The fourth-order valence-corrected chi connectivity index (χ4v) is 2.26. The summed E-state index contributed by atoms with van der Waals surface area (Å²) in [5, 5.41) is 5.04. The lowest BCUT2D eigenvalue weighted by Gasteiger charge is -2.12. The minimum atomic E-state index is -0.658. The van der Waals surface area contributed by atoms with Crippen LogP contribution in [-0.2, 0) is 23.8 Å². The predicted octanol–water partition coefficient (Wildman–Crippen LogP) is 1.81. The molecule has 1 aromatic rings. The lowest BCUT2D eigenvalue weighted by molar-refractivity contribution is -0.144. The SMILES string of the molecule is CCCOC(=O)CCC(=O)NC(=S)Nc1cc(C(=O)OC)cc(C(=O)OC)c1. The quantitative estimate of drug-likeness (QED) is 0.375. The van der Waals surface area contributed by atoms with Gasteiger partial charge in [0.1, 0.15) is 0 Å². The summed E-state index contributed by atoms with van der Waals surface area (Å²) in [5.74, 6) is -2.27. The number of esters is 3. The van der Waals surface area contributed by atoms with Gasteiger partial charge in [-0.2, -0.15) is 0 Å². The predicted molar refractivity (Wildman–Crippen MR) is 104 cm³/mol. The number of hydrogen-bond donors (Lipinski definition) is 2. The van der Waals surface area contributed by atoms with Gasteiger partial charge in [-0.3, -0.25) is 9.59 Å². The van der Waals surface area contributed by atoms with Crippen molar-refractivity contribution >= 4 is 46.8 Å². The second kappa shape index (κ2) is 11.7. The van der Waals surface area contributed by atoms with Gasteiger partial charge in [0.2, 0.25) is 5.91 Å². The van der Waals surface area contributed by atoms with Gasteiger partial charge >= 0.3 is 17.9 Å². The summed E-state index contributed by atoms with van der Waals surface area (Å²) in [5.41, 5.74) is 0.470. The van der Waals surface area contributed by atoms with Gasteiger partial charge in [0, 0.05) is 12.1 Å². The van der Waals surface area contributed by atoms with Crippen LogP contribution in [0.1, 0.15) is 46.9 Å². The van der Waals surface area contributed by atoms with Crippen molar-refractivity contribution in [1.29, 1.82) is 0 Å². The maximum absolute atomic E-state index is 11.9. The van der Waals surface area contributed by atoms with Crippen LogP contribution in [0.4, 0.5) is 5.69 Å². The van der Waals surface area contributed by atoms with Crippen LogP contribution in [-0.4, -0.2) is 49.8 Å². The van der Waals surface area contributed by atoms with E-state index in [0.29, 0.717) is 13.0 Å². The first kappa shape index (κ1) is 23.0. The maximum atomic E-state index is 11.9. The molecule has 1 rings (SSSR count). The van der Waals surface area contributed by atoms with E-state index in [2.05, 4.69) is 20.1 Å². The van der Waals surface area contributed by atoms with Crippen LogP contribution in [0, 0.1) is 0 Å². The molecule has 152 valence electrons. The first-order chi connectivity index (χ1) is 13.3. The van der Waals surface area contributed by atoms with Gasteiger partial charge in [0.15, 0.2) is 5.11 Å². The maximum Gasteiger partial charge on any atom is 0.337 e. The number of anilines is 1. The highest BCUT2D eigenvalue weighted by Gasteiger charge is 2.15. The Morgan fingerprint density at radius 1 is 0.964 bits per heavy atom. The Hall–Kier alpha value is -3.01. The molecule has 0 spiro atoms. The van der Waals surface area contributed by atoms with Crippen molar-refractivity contribution in [3.63, 3.8) is 0 Å². The zero-order valence-electron chi connectivity index (χ0n) is 15.8. The van der Waals surface area contributed by atoms with Gasteiger partial charge in [-0.25, -0.2) is 9.59 Å². The molecule has 10 heteroatoms. The Labute approximate surface area is 167 Å². The molecule has 0 heterocycles. The first-order valence-corrected chi connectivity index (χ1v) is 8.79. The minimum Gasteiger partial charge on any atom is -0.466 e.